The first-order valence-corrected chi connectivity index (χ1v) is 6.72. The van der Waals surface area contributed by atoms with E-state index >= 15 is 0 Å². The Hall–Kier alpha value is -1.55. The Balaban J connectivity index is 2.12. The first-order valence-electron chi connectivity index (χ1n) is 6.72. The summed E-state index contributed by atoms with van der Waals surface area (Å²) in [6.45, 7) is 3.06. The van der Waals surface area contributed by atoms with Gasteiger partial charge in [0.15, 0.2) is 0 Å². The molecule has 4 heteroatoms. The van der Waals surface area contributed by atoms with Crippen LogP contribution in [-0.4, -0.2) is 36.1 Å². The molecule has 1 saturated heterocycles. The van der Waals surface area contributed by atoms with Crippen LogP contribution in [0.4, 0.5) is 0 Å². The molecule has 1 aromatic rings. The zero-order valence-electron chi connectivity index (χ0n) is 11.6. The second-order valence-electron chi connectivity index (χ2n) is 5.06. The third-order valence-electron chi connectivity index (χ3n) is 3.56. The molecule has 1 heterocycles. The lowest BCUT2D eigenvalue weighted by molar-refractivity contribution is -0.134. The predicted octanol–water partition coefficient (Wildman–Crippen LogP) is 2.05. The molecule has 0 spiro atoms. The van der Waals surface area contributed by atoms with Crippen LogP contribution in [0.5, 0.6) is 5.75 Å². The van der Waals surface area contributed by atoms with E-state index in [1.165, 1.54) is 0 Å². The number of hydrogen-bond acceptors (Lipinski definition) is 3. The molecule has 1 aromatic carbocycles. The van der Waals surface area contributed by atoms with Crippen molar-refractivity contribution in [1.29, 1.82) is 0 Å². The van der Waals surface area contributed by atoms with Gasteiger partial charge in [-0.05, 0) is 31.9 Å². The highest BCUT2D eigenvalue weighted by Crippen LogP contribution is 2.27. The number of carbonyl (C=O) groups is 1. The second-order valence-corrected chi connectivity index (χ2v) is 5.06. The molecule has 1 aliphatic rings. The monoisotopic (exact) mass is 263 g/mol. The van der Waals surface area contributed by atoms with Crippen molar-refractivity contribution in [3.8, 4) is 5.75 Å². The topological polar surface area (TPSA) is 49.8 Å². The van der Waals surface area contributed by atoms with E-state index in [1.54, 1.807) is 12.0 Å². The number of aliphatic hydroxyl groups is 1. The molecule has 0 aliphatic carbocycles. The van der Waals surface area contributed by atoms with Gasteiger partial charge in [-0.2, -0.15) is 0 Å². The van der Waals surface area contributed by atoms with Crippen LogP contribution >= 0.6 is 0 Å². The minimum absolute atomic E-state index is 0.136. The fourth-order valence-corrected chi connectivity index (χ4v) is 2.48. The van der Waals surface area contributed by atoms with Crippen LogP contribution in [0, 0.1) is 6.92 Å². The molecule has 19 heavy (non-hydrogen) atoms. The zero-order valence-corrected chi connectivity index (χ0v) is 11.6. The molecule has 104 valence electrons. The summed E-state index contributed by atoms with van der Waals surface area (Å²) in [5.41, 5.74) is 1.82. The lowest BCUT2D eigenvalue weighted by atomic mass is 10.0. The Morgan fingerprint density at radius 3 is 2.89 bits per heavy atom. The Labute approximate surface area is 114 Å². The van der Waals surface area contributed by atoms with Gasteiger partial charge in [0.25, 0.3) is 0 Å². The highest BCUT2D eigenvalue weighted by atomic mass is 16.5. The molecule has 1 amide bonds. The summed E-state index contributed by atoms with van der Waals surface area (Å²) in [6, 6.07) is 5.71. The van der Waals surface area contributed by atoms with Crippen molar-refractivity contribution in [3.05, 3.63) is 29.3 Å². The standard InChI is InChI=1S/C15H21NO3/c1-11-6-7-14(19-2)12(9-11)13(17)10-16-8-4-3-5-15(16)18/h6-7,9,13,17H,3-5,8,10H2,1-2H3. The van der Waals surface area contributed by atoms with Crippen molar-refractivity contribution in [2.45, 2.75) is 32.3 Å². The highest BCUT2D eigenvalue weighted by molar-refractivity contribution is 5.76. The van der Waals surface area contributed by atoms with Gasteiger partial charge in [0.05, 0.1) is 13.7 Å². The average molecular weight is 263 g/mol. The molecule has 1 aliphatic heterocycles. The maximum Gasteiger partial charge on any atom is 0.222 e. The van der Waals surface area contributed by atoms with Crippen LogP contribution in [0.1, 0.15) is 36.5 Å². The number of ether oxygens (including phenoxy) is 1. The lowest BCUT2D eigenvalue weighted by Gasteiger charge is -2.29. The van der Waals surface area contributed by atoms with Gasteiger partial charge in [-0.25, -0.2) is 0 Å². The molecular formula is C15H21NO3. The third kappa shape index (κ3) is 3.26. The molecule has 1 N–H and O–H groups in total. The number of aryl methyl sites for hydroxylation is 1. The molecule has 0 aromatic heterocycles. The van der Waals surface area contributed by atoms with E-state index in [2.05, 4.69) is 0 Å². The summed E-state index contributed by atoms with van der Waals surface area (Å²) in [5, 5.41) is 10.4. The molecule has 0 radical (unpaired) electrons. The van der Waals surface area contributed by atoms with Crippen molar-refractivity contribution in [2.24, 2.45) is 0 Å². The minimum atomic E-state index is -0.697. The van der Waals surface area contributed by atoms with E-state index in [1.807, 2.05) is 25.1 Å². The van der Waals surface area contributed by atoms with Crippen LogP contribution in [0.2, 0.25) is 0 Å². The Bertz CT molecular complexity index is 459. The van der Waals surface area contributed by atoms with E-state index in [9.17, 15) is 9.90 Å². The number of methoxy groups -OCH3 is 1. The zero-order chi connectivity index (χ0) is 13.8. The largest absolute Gasteiger partial charge is 0.496 e. The number of benzene rings is 1. The molecule has 0 saturated carbocycles. The number of carbonyl (C=O) groups excluding carboxylic acids is 1. The lowest BCUT2D eigenvalue weighted by Crippen LogP contribution is -2.38. The van der Waals surface area contributed by atoms with Gasteiger partial charge in [0.2, 0.25) is 5.91 Å². The van der Waals surface area contributed by atoms with Crippen LogP contribution in [0.15, 0.2) is 18.2 Å². The normalized spacial score (nSPS) is 17.4. The number of hydrogen-bond donors (Lipinski definition) is 1. The molecule has 1 fully saturated rings. The first kappa shape index (κ1) is 13.9. The first-order chi connectivity index (χ1) is 9.11. The third-order valence-corrected chi connectivity index (χ3v) is 3.56. The van der Waals surface area contributed by atoms with Crippen molar-refractivity contribution >= 4 is 5.91 Å². The molecule has 0 bridgehead atoms. The van der Waals surface area contributed by atoms with Crippen LogP contribution in [0.3, 0.4) is 0 Å². The number of nitrogens with zero attached hydrogens (tertiary/aromatic N) is 1. The van der Waals surface area contributed by atoms with Gasteiger partial charge in [0.1, 0.15) is 11.9 Å². The van der Waals surface area contributed by atoms with Gasteiger partial charge in [0, 0.05) is 18.5 Å². The number of aliphatic hydroxyl groups excluding tert-OH is 1. The van der Waals surface area contributed by atoms with Crippen LogP contribution in [-0.2, 0) is 4.79 Å². The Kier molecular flexibility index (Phi) is 4.43. The summed E-state index contributed by atoms with van der Waals surface area (Å²) < 4.78 is 5.27. The molecule has 1 atom stereocenters. The number of amides is 1. The smallest absolute Gasteiger partial charge is 0.222 e. The summed E-state index contributed by atoms with van der Waals surface area (Å²) in [7, 11) is 1.59. The van der Waals surface area contributed by atoms with Gasteiger partial charge < -0.3 is 14.7 Å². The Morgan fingerprint density at radius 2 is 2.21 bits per heavy atom. The quantitative estimate of drug-likeness (QED) is 0.904. The summed E-state index contributed by atoms with van der Waals surface area (Å²) in [5.74, 6) is 0.805. The fraction of sp³-hybridized carbons (Fsp3) is 0.533. The van der Waals surface area contributed by atoms with Crippen molar-refractivity contribution < 1.29 is 14.6 Å². The van der Waals surface area contributed by atoms with Gasteiger partial charge in [-0.1, -0.05) is 11.6 Å². The second kappa shape index (κ2) is 6.06. The maximum absolute atomic E-state index is 11.8. The molecule has 2 rings (SSSR count). The van der Waals surface area contributed by atoms with Crippen LogP contribution < -0.4 is 4.74 Å². The average Bonchev–Trinajstić information content (AvgIpc) is 2.41. The fourth-order valence-electron chi connectivity index (χ4n) is 2.48. The summed E-state index contributed by atoms with van der Waals surface area (Å²) in [4.78, 5) is 13.5. The molecular weight excluding hydrogens is 242 g/mol. The highest BCUT2D eigenvalue weighted by Gasteiger charge is 2.23. The Morgan fingerprint density at radius 1 is 1.42 bits per heavy atom. The number of piperidine rings is 1. The maximum atomic E-state index is 11.8. The number of rotatable bonds is 4. The SMILES string of the molecule is COc1ccc(C)cc1C(O)CN1CCCCC1=O. The van der Waals surface area contributed by atoms with Gasteiger partial charge in [-0.15, -0.1) is 0 Å². The minimum Gasteiger partial charge on any atom is -0.496 e. The van der Waals surface area contributed by atoms with Crippen molar-refractivity contribution in [2.75, 3.05) is 20.2 Å². The van der Waals surface area contributed by atoms with E-state index < -0.39 is 6.10 Å². The molecule has 1 unspecified atom stereocenters. The van der Waals surface area contributed by atoms with E-state index in [-0.39, 0.29) is 5.91 Å². The van der Waals surface area contributed by atoms with Crippen LogP contribution in [0.25, 0.3) is 0 Å². The van der Waals surface area contributed by atoms with E-state index in [0.717, 1.165) is 30.5 Å². The van der Waals surface area contributed by atoms with E-state index in [0.29, 0.717) is 18.7 Å². The van der Waals surface area contributed by atoms with E-state index in [4.69, 9.17) is 4.74 Å². The summed E-state index contributed by atoms with van der Waals surface area (Å²) >= 11 is 0. The van der Waals surface area contributed by atoms with Gasteiger partial charge in [-0.3, -0.25) is 4.79 Å². The predicted molar refractivity (Wildman–Crippen MR) is 73.1 cm³/mol. The number of likely N-dealkylation sites (tertiary alicyclic amines) is 1. The number of β-amino-alcohol motifs (C(OH)–C–C–N with tert-alkyl or cyclic N) is 1. The summed E-state index contributed by atoms with van der Waals surface area (Å²) in [6.07, 6.45) is 1.87. The van der Waals surface area contributed by atoms with Gasteiger partial charge >= 0.3 is 0 Å². The van der Waals surface area contributed by atoms with Crippen molar-refractivity contribution in [3.63, 3.8) is 0 Å². The van der Waals surface area contributed by atoms with Crippen molar-refractivity contribution in [1.82, 2.24) is 4.90 Å². The molecule has 4 nitrogen and oxygen atoms in total.